The molecule has 0 aliphatic carbocycles. The number of hydrogen-bond donors (Lipinski definition) is 1. The number of rotatable bonds is 6. The lowest BCUT2D eigenvalue weighted by Gasteiger charge is -2.13. The van der Waals surface area contributed by atoms with E-state index < -0.39 is 0 Å². The second-order valence-electron chi connectivity index (χ2n) is 4.64. The maximum absolute atomic E-state index is 4.13. The van der Waals surface area contributed by atoms with Crippen LogP contribution in [0.3, 0.4) is 0 Å². The molecule has 1 heterocycles. The van der Waals surface area contributed by atoms with Crippen LogP contribution < -0.4 is 5.32 Å². The first-order valence-electron chi connectivity index (χ1n) is 6.87. The minimum Gasteiger partial charge on any atom is -0.307 e. The van der Waals surface area contributed by atoms with Crippen molar-refractivity contribution in [3.8, 4) is 5.69 Å². The van der Waals surface area contributed by atoms with Crippen LogP contribution in [0.25, 0.3) is 5.69 Å². The molecule has 0 saturated carbocycles. The van der Waals surface area contributed by atoms with Crippen LogP contribution in [0.1, 0.15) is 44.6 Å². The fourth-order valence-corrected chi connectivity index (χ4v) is 1.97. The van der Waals surface area contributed by atoms with E-state index in [0.717, 1.165) is 30.9 Å². The molecule has 0 bridgehead atoms. The average molecular weight is 259 g/mol. The van der Waals surface area contributed by atoms with Crippen LogP contribution in [0.15, 0.2) is 24.3 Å². The van der Waals surface area contributed by atoms with Gasteiger partial charge in [0.05, 0.1) is 11.7 Å². The van der Waals surface area contributed by atoms with Crippen molar-refractivity contribution >= 4 is 0 Å². The van der Waals surface area contributed by atoms with Crippen LogP contribution in [-0.4, -0.2) is 26.8 Å². The molecule has 2 aromatic rings. The SMILES string of the molecule is CCCNC(C)c1nnnn1-c1ccc(CC)cc1. The number of hydrogen-bond acceptors (Lipinski definition) is 4. The van der Waals surface area contributed by atoms with Crippen LogP contribution in [0.2, 0.25) is 0 Å². The van der Waals surface area contributed by atoms with Crippen molar-refractivity contribution in [1.82, 2.24) is 25.5 Å². The van der Waals surface area contributed by atoms with E-state index in [2.05, 4.69) is 65.9 Å². The van der Waals surface area contributed by atoms with Gasteiger partial charge in [-0.2, -0.15) is 4.68 Å². The molecule has 2 rings (SSSR count). The van der Waals surface area contributed by atoms with Gasteiger partial charge in [0.1, 0.15) is 0 Å². The zero-order chi connectivity index (χ0) is 13.7. The predicted octanol–water partition coefficient (Wildman–Crippen LogP) is 2.29. The standard InChI is InChI=1S/C14H21N5/c1-4-10-15-11(3)14-16-17-18-19(14)13-8-6-12(5-2)7-9-13/h6-9,11,15H,4-5,10H2,1-3H3. The van der Waals surface area contributed by atoms with Crippen LogP contribution >= 0.6 is 0 Å². The molecule has 102 valence electrons. The maximum Gasteiger partial charge on any atom is 0.173 e. The summed E-state index contributed by atoms with van der Waals surface area (Å²) in [4.78, 5) is 0. The molecule has 1 aromatic carbocycles. The van der Waals surface area contributed by atoms with E-state index in [4.69, 9.17) is 0 Å². The van der Waals surface area contributed by atoms with Crippen LogP contribution in [0.5, 0.6) is 0 Å². The Hall–Kier alpha value is -1.75. The molecule has 5 nitrogen and oxygen atoms in total. The van der Waals surface area contributed by atoms with Crippen LogP contribution in [0, 0.1) is 0 Å². The number of aromatic nitrogens is 4. The highest BCUT2D eigenvalue weighted by molar-refractivity contribution is 5.34. The summed E-state index contributed by atoms with van der Waals surface area (Å²) >= 11 is 0. The van der Waals surface area contributed by atoms with Gasteiger partial charge in [-0.3, -0.25) is 0 Å². The normalized spacial score (nSPS) is 12.6. The Labute approximate surface area is 114 Å². The van der Waals surface area contributed by atoms with Crippen LogP contribution in [0.4, 0.5) is 0 Å². The number of tetrazole rings is 1. The van der Waals surface area contributed by atoms with Crippen molar-refractivity contribution in [3.05, 3.63) is 35.7 Å². The fourth-order valence-electron chi connectivity index (χ4n) is 1.97. The van der Waals surface area contributed by atoms with Gasteiger partial charge in [-0.1, -0.05) is 26.0 Å². The third kappa shape index (κ3) is 3.17. The predicted molar refractivity (Wildman–Crippen MR) is 75.2 cm³/mol. The molecule has 0 radical (unpaired) electrons. The number of nitrogens with zero attached hydrogens (tertiary/aromatic N) is 4. The van der Waals surface area contributed by atoms with Gasteiger partial charge < -0.3 is 5.32 Å². The van der Waals surface area contributed by atoms with Gasteiger partial charge in [0.2, 0.25) is 0 Å². The summed E-state index contributed by atoms with van der Waals surface area (Å²) in [5.41, 5.74) is 2.32. The molecule has 1 aromatic heterocycles. The third-order valence-corrected chi connectivity index (χ3v) is 3.17. The molecule has 0 aliphatic heterocycles. The quantitative estimate of drug-likeness (QED) is 0.864. The van der Waals surface area contributed by atoms with Crippen molar-refractivity contribution in [2.75, 3.05) is 6.54 Å². The lowest BCUT2D eigenvalue weighted by atomic mass is 10.1. The van der Waals surface area contributed by atoms with Gasteiger partial charge >= 0.3 is 0 Å². The van der Waals surface area contributed by atoms with Gasteiger partial charge in [0.25, 0.3) is 0 Å². The van der Waals surface area contributed by atoms with E-state index in [1.165, 1.54) is 5.56 Å². The highest BCUT2D eigenvalue weighted by atomic mass is 15.5. The van der Waals surface area contributed by atoms with Gasteiger partial charge in [0.15, 0.2) is 5.82 Å². The molecular formula is C14H21N5. The fraction of sp³-hybridized carbons (Fsp3) is 0.500. The highest BCUT2D eigenvalue weighted by Gasteiger charge is 2.14. The van der Waals surface area contributed by atoms with Crippen molar-refractivity contribution in [2.45, 2.75) is 39.7 Å². The molecule has 0 fully saturated rings. The van der Waals surface area contributed by atoms with Crippen molar-refractivity contribution in [3.63, 3.8) is 0 Å². The van der Waals surface area contributed by atoms with Gasteiger partial charge in [-0.15, -0.1) is 5.10 Å². The Morgan fingerprint density at radius 1 is 1.21 bits per heavy atom. The first kappa shape index (κ1) is 13.7. The van der Waals surface area contributed by atoms with E-state index in [1.807, 2.05) is 0 Å². The number of benzene rings is 1. The molecule has 0 aliphatic rings. The van der Waals surface area contributed by atoms with E-state index in [0.29, 0.717) is 0 Å². The smallest absolute Gasteiger partial charge is 0.173 e. The summed E-state index contributed by atoms with van der Waals surface area (Å²) in [5, 5.41) is 15.4. The maximum atomic E-state index is 4.13. The number of nitrogens with one attached hydrogen (secondary N) is 1. The molecule has 1 N–H and O–H groups in total. The third-order valence-electron chi connectivity index (χ3n) is 3.17. The molecule has 1 unspecified atom stereocenters. The minimum atomic E-state index is 0.140. The monoisotopic (exact) mass is 259 g/mol. The van der Waals surface area contributed by atoms with E-state index >= 15 is 0 Å². The summed E-state index contributed by atoms with van der Waals surface area (Å²) in [6, 6.07) is 8.49. The molecule has 1 atom stereocenters. The lowest BCUT2D eigenvalue weighted by molar-refractivity contribution is 0.531. The Kier molecular flexibility index (Phi) is 4.63. The summed E-state index contributed by atoms with van der Waals surface area (Å²) in [6.45, 7) is 7.33. The summed E-state index contributed by atoms with van der Waals surface area (Å²) < 4.78 is 1.80. The minimum absolute atomic E-state index is 0.140. The Morgan fingerprint density at radius 2 is 1.95 bits per heavy atom. The van der Waals surface area contributed by atoms with Gasteiger partial charge in [-0.25, -0.2) is 0 Å². The largest absolute Gasteiger partial charge is 0.307 e. The van der Waals surface area contributed by atoms with E-state index in [1.54, 1.807) is 4.68 Å². The van der Waals surface area contributed by atoms with E-state index in [-0.39, 0.29) is 6.04 Å². The van der Waals surface area contributed by atoms with Crippen molar-refractivity contribution in [1.29, 1.82) is 0 Å². The topological polar surface area (TPSA) is 55.6 Å². The Morgan fingerprint density at radius 3 is 2.58 bits per heavy atom. The zero-order valence-electron chi connectivity index (χ0n) is 11.8. The van der Waals surface area contributed by atoms with Crippen molar-refractivity contribution in [2.24, 2.45) is 0 Å². The first-order chi connectivity index (χ1) is 9.26. The molecule has 0 spiro atoms. The van der Waals surface area contributed by atoms with Gasteiger partial charge in [-0.05, 0) is 54.4 Å². The Bertz CT molecular complexity index is 503. The first-order valence-corrected chi connectivity index (χ1v) is 6.87. The number of aryl methyl sites for hydroxylation is 1. The van der Waals surface area contributed by atoms with Gasteiger partial charge in [0, 0.05) is 0 Å². The molecule has 0 amide bonds. The highest BCUT2D eigenvalue weighted by Crippen LogP contribution is 2.14. The second kappa shape index (κ2) is 6.43. The average Bonchev–Trinajstić information content (AvgIpc) is 2.94. The van der Waals surface area contributed by atoms with Crippen molar-refractivity contribution < 1.29 is 0 Å². The lowest BCUT2D eigenvalue weighted by Crippen LogP contribution is -2.22. The Balaban J connectivity index is 2.22. The summed E-state index contributed by atoms with van der Waals surface area (Å²) in [7, 11) is 0. The summed E-state index contributed by atoms with van der Waals surface area (Å²) in [5.74, 6) is 0.845. The molecule has 0 saturated heterocycles. The second-order valence-corrected chi connectivity index (χ2v) is 4.64. The van der Waals surface area contributed by atoms with E-state index in [9.17, 15) is 0 Å². The van der Waals surface area contributed by atoms with Crippen LogP contribution in [-0.2, 0) is 6.42 Å². The molecule has 19 heavy (non-hydrogen) atoms. The zero-order valence-corrected chi connectivity index (χ0v) is 11.8. The molecular weight excluding hydrogens is 238 g/mol. The summed E-state index contributed by atoms with van der Waals surface area (Å²) in [6.07, 6.45) is 2.13. The molecule has 5 heteroatoms.